The average molecular weight is 283 g/mol. The SMILES string of the molecule is O=C(c1cc2ccccc2[nH]1)N1CCN(CC2CC2)CC1. The molecule has 0 unspecified atom stereocenters. The zero-order chi connectivity index (χ0) is 14.2. The van der Waals surface area contributed by atoms with Gasteiger partial charge in [-0.15, -0.1) is 0 Å². The van der Waals surface area contributed by atoms with E-state index >= 15 is 0 Å². The van der Waals surface area contributed by atoms with Gasteiger partial charge in [0.2, 0.25) is 0 Å². The molecule has 1 amide bonds. The predicted molar refractivity (Wildman–Crippen MR) is 83.4 cm³/mol. The van der Waals surface area contributed by atoms with Crippen LogP contribution in [0.25, 0.3) is 10.9 Å². The molecule has 21 heavy (non-hydrogen) atoms. The van der Waals surface area contributed by atoms with Crippen molar-refractivity contribution in [3.8, 4) is 0 Å². The van der Waals surface area contributed by atoms with Crippen LogP contribution in [0.2, 0.25) is 0 Å². The van der Waals surface area contributed by atoms with Gasteiger partial charge in [-0.1, -0.05) is 18.2 Å². The van der Waals surface area contributed by atoms with E-state index in [1.165, 1.54) is 19.4 Å². The van der Waals surface area contributed by atoms with Gasteiger partial charge in [0.15, 0.2) is 0 Å². The topological polar surface area (TPSA) is 39.3 Å². The van der Waals surface area contributed by atoms with Crippen LogP contribution in [0.4, 0.5) is 0 Å². The summed E-state index contributed by atoms with van der Waals surface area (Å²) in [5.41, 5.74) is 1.75. The molecule has 2 heterocycles. The lowest BCUT2D eigenvalue weighted by Crippen LogP contribution is -2.49. The Balaban J connectivity index is 1.42. The third kappa shape index (κ3) is 2.68. The molecule has 0 bridgehead atoms. The molecule has 4 rings (SSSR count). The van der Waals surface area contributed by atoms with Gasteiger partial charge in [0, 0.05) is 43.6 Å². The summed E-state index contributed by atoms with van der Waals surface area (Å²) in [4.78, 5) is 20.3. The van der Waals surface area contributed by atoms with E-state index in [0.29, 0.717) is 5.69 Å². The van der Waals surface area contributed by atoms with E-state index in [1.807, 2.05) is 35.2 Å². The predicted octanol–water partition coefficient (Wildman–Crippen LogP) is 2.34. The van der Waals surface area contributed by atoms with Crippen LogP contribution >= 0.6 is 0 Å². The highest BCUT2D eigenvalue weighted by atomic mass is 16.2. The first-order chi connectivity index (χ1) is 10.3. The van der Waals surface area contributed by atoms with Gasteiger partial charge < -0.3 is 9.88 Å². The molecule has 0 spiro atoms. The van der Waals surface area contributed by atoms with E-state index in [-0.39, 0.29) is 5.91 Å². The summed E-state index contributed by atoms with van der Waals surface area (Å²) >= 11 is 0. The largest absolute Gasteiger partial charge is 0.351 e. The molecule has 2 aromatic rings. The molecule has 4 heteroatoms. The van der Waals surface area contributed by atoms with Gasteiger partial charge in [0.05, 0.1) is 0 Å². The Kier molecular flexibility index (Phi) is 3.19. The quantitative estimate of drug-likeness (QED) is 0.939. The molecule has 1 aromatic heterocycles. The van der Waals surface area contributed by atoms with Gasteiger partial charge in [-0.3, -0.25) is 9.69 Å². The second-order valence-electron chi connectivity index (χ2n) is 6.31. The minimum atomic E-state index is 0.136. The number of H-pyrrole nitrogens is 1. The maximum Gasteiger partial charge on any atom is 0.270 e. The molecular weight excluding hydrogens is 262 g/mol. The number of para-hydroxylation sites is 1. The Morgan fingerprint density at radius 3 is 2.62 bits per heavy atom. The highest BCUT2D eigenvalue weighted by molar-refractivity contribution is 5.98. The Morgan fingerprint density at radius 1 is 1.14 bits per heavy atom. The van der Waals surface area contributed by atoms with Crippen LogP contribution in [0.1, 0.15) is 23.3 Å². The molecule has 4 nitrogen and oxygen atoms in total. The second kappa shape index (κ2) is 5.19. The normalized spacial score (nSPS) is 20.1. The summed E-state index contributed by atoms with van der Waals surface area (Å²) in [7, 11) is 0. The molecule has 0 atom stereocenters. The van der Waals surface area contributed by atoms with Crippen molar-refractivity contribution < 1.29 is 4.79 Å². The number of nitrogens with one attached hydrogen (secondary N) is 1. The number of hydrogen-bond acceptors (Lipinski definition) is 2. The van der Waals surface area contributed by atoms with Crippen LogP contribution in [-0.2, 0) is 0 Å². The molecule has 2 fully saturated rings. The molecular formula is C17H21N3O. The fourth-order valence-electron chi connectivity index (χ4n) is 3.16. The van der Waals surface area contributed by atoms with Crippen LogP contribution in [-0.4, -0.2) is 53.4 Å². The van der Waals surface area contributed by atoms with Crippen LogP contribution in [0.5, 0.6) is 0 Å². The number of aromatic nitrogens is 1. The van der Waals surface area contributed by atoms with Crippen molar-refractivity contribution in [3.05, 3.63) is 36.0 Å². The number of aromatic amines is 1. The van der Waals surface area contributed by atoms with E-state index in [2.05, 4.69) is 9.88 Å². The number of fused-ring (bicyclic) bond motifs is 1. The number of hydrogen-bond donors (Lipinski definition) is 1. The summed E-state index contributed by atoms with van der Waals surface area (Å²) in [5.74, 6) is 1.07. The number of piperazine rings is 1. The molecule has 0 radical (unpaired) electrons. The molecule has 1 aliphatic carbocycles. The van der Waals surface area contributed by atoms with Crippen molar-refractivity contribution in [2.45, 2.75) is 12.8 Å². The summed E-state index contributed by atoms with van der Waals surface area (Å²) in [5, 5.41) is 1.10. The third-order valence-electron chi connectivity index (χ3n) is 4.63. The molecule has 2 aliphatic rings. The fraction of sp³-hybridized carbons (Fsp3) is 0.471. The number of rotatable bonds is 3. The number of amides is 1. The van der Waals surface area contributed by atoms with Crippen molar-refractivity contribution in [1.29, 1.82) is 0 Å². The minimum absolute atomic E-state index is 0.136. The fourth-order valence-corrected chi connectivity index (χ4v) is 3.16. The highest BCUT2D eigenvalue weighted by Crippen LogP contribution is 2.30. The first-order valence-corrected chi connectivity index (χ1v) is 7.89. The number of benzene rings is 1. The van der Waals surface area contributed by atoms with Gasteiger partial charge in [-0.2, -0.15) is 0 Å². The van der Waals surface area contributed by atoms with Crippen molar-refractivity contribution in [1.82, 2.24) is 14.8 Å². The van der Waals surface area contributed by atoms with Crippen LogP contribution in [0.3, 0.4) is 0 Å². The van der Waals surface area contributed by atoms with Gasteiger partial charge in [0.25, 0.3) is 5.91 Å². The van der Waals surface area contributed by atoms with Crippen molar-refractivity contribution in [2.75, 3.05) is 32.7 Å². The first-order valence-electron chi connectivity index (χ1n) is 7.89. The number of carbonyl (C=O) groups excluding carboxylic acids is 1. The lowest BCUT2D eigenvalue weighted by Gasteiger charge is -2.34. The van der Waals surface area contributed by atoms with Crippen molar-refractivity contribution >= 4 is 16.8 Å². The molecule has 1 aromatic carbocycles. The Bertz CT molecular complexity index is 618. The monoisotopic (exact) mass is 283 g/mol. The Morgan fingerprint density at radius 2 is 1.90 bits per heavy atom. The van der Waals surface area contributed by atoms with E-state index < -0.39 is 0 Å². The first kappa shape index (κ1) is 12.9. The molecule has 1 N–H and O–H groups in total. The van der Waals surface area contributed by atoms with Crippen LogP contribution in [0, 0.1) is 5.92 Å². The van der Waals surface area contributed by atoms with Gasteiger partial charge in [-0.25, -0.2) is 0 Å². The van der Waals surface area contributed by atoms with Crippen LogP contribution in [0.15, 0.2) is 30.3 Å². The van der Waals surface area contributed by atoms with Gasteiger partial charge in [-0.05, 0) is 30.9 Å². The maximum atomic E-state index is 12.6. The van der Waals surface area contributed by atoms with E-state index in [4.69, 9.17) is 0 Å². The van der Waals surface area contributed by atoms with Crippen LogP contribution < -0.4 is 0 Å². The summed E-state index contributed by atoms with van der Waals surface area (Å²) in [6.07, 6.45) is 2.79. The summed E-state index contributed by atoms with van der Waals surface area (Å²) in [6.45, 7) is 4.96. The Labute approximate surface area is 124 Å². The standard InChI is InChI=1S/C17H21N3O/c21-17(16-11-14-3-1-2-4-15(14)18-16)20-9-7-19(8-10-20)12-13-5-6-13/h1-4,11,13,18H,5-10,12H2. The number of nitrogens with zero attached hydrogens (tertiary/aromatic N) is 2. The van der Waals surface area contributed by atoms with E-state index in [1.54, 1.807) is 0 Å². The maximum absolute atomic E-state index is 12.6. The lowest BCUT2D eigenvalue weighted by molar-refractivity contribution is 0.0627. The summed E-state index contributed by atoms with van der Waals surface area (Å²) < 4.78 is 0. The highest BCUT2D eigenvalue weighted by Gasteiger charge is 2.28. The lowest BCUT2D eigenvalue weighted by atomic mass is 10.2. The summed E-state index contributed by atoms with van der Waals surface area (Å²) in [6, 6.07) is 10.0. The van der Waals surface area contributed by atoms with Crippen molar-refractivity contribution in [2.24, 2.45) is 5.92 Å². The second-order valence-corrected chi connectivity index (χ2v) is 6.31. The molecule has 110 valence electrons. The minimum Gasteiger partial charge on any atom is -0.351 e. The Hall–Kier alpha value is -1.81. The molecule has 1 aliphatic heterocycles. The molecule has 1 saturated heterocycles. The smallest absolute Gasteiger partial charge is 0.270 e. The zero-order valence-electron chi connectivity index (χ0n) is 12.2. The molecule has 1 saturated carbocycles. The van der Waals surface area contributed by atoms with Gasteiger partial charge in [0.1, 0.15) is 5.69 Å². The average Bonchev–Trinajstić information content (AvgIpc) is 3.22. The third-order valence-corrected chi connectivity index (χ3v) is 4.63. The van der Waals surface area contributed by atoms with E-state index in [9.17, 15) is 4.79 Å². The zero-order valence-corrected chi connectivity index (χ0v) is 12.2. The van der Waals surface area contributed by atoms with E-state index in [0.717, 1.165) is 43.0 Å². The van der Waals surface area contributed by atoms with Gasteiger partial charge >= 0.3 is 0 Å². The van der Waals surface area contributed by atoms with Crippen molar-refractivity contribution in [3.63, 3.8) is 0 Å². The number of carbonyl (C=O) groups is 1.